The minimum Gasteiger partial charge on any atom is -0.298 e. The van der Waals surface area contributed by atoms with Crippen molar-refractivity contribution in [2.45, 2.75) is 20.3 Å². The number of aromatic nitrogens is 2. The molecular weight excluding hydrogens is 338 g/mol. The summed E-state index contributed by atoms with van der Waals surface area (Å²) >= 11 is 2.98. The van der Waals surface area contributed by atoms with Gasteiger partial charge in [0.2, 0.25) is 5.91 Å². The quantitative estimate of drug-likeness (QED) is 0.670. The number of carbonyl (C=O) groups excluding carboxylic acids is 1. The van der Waals surface area contributed by atoms with E-state index in [0.29, 0.717) is 5.13 Å². The van der Waals surface area contributed by atoms with E-state index in [0.717, 1.165) is 28.4 Å². The van der Waals surface area contributed by atoms with Gasteiger partial charge in [0.25, 0.3) is 0 Å². The Morgan fingerprint density at radius 3 is 2.62 bits per heavy atom. The van der Waals surface area contributed by atoms with Crippen molar-refractivity contribution in [2.24, 2.45) is 0 Å². The Labute approximate surface area is 148 Å². The van der Waals surface area contributed by atoms with Crippen LogP contribution >= 0.6 is 22.7 Å². The zero-order valence-corrected chi connectivity index (χ0v) is 15.1. The first-order valence-electron chi connectivity index (χ1n) is 7.60. The van der Waals surface area contributed by atoms with Gasteiger partial charge in [-0.1, -0.05) is 31.2 Å². The molecule has 122 valence electrons. The maximum absolute atomic E-state index is 12.0. The smallest absolute Gasteiger partial charge is 0.250 e. The maximum atomic E-state index is 12.0. The molecule has 1 N–H and O–H groups in total. The van der Waals surface area contributed by atoms with Gasteiger partial charge >= 0.3 is 0 Å². The van der Waals surface area contributed by atoms with Gasteiger partial charge in [-0.2, -0.15) is 0 Å². The molecule has 0 bridgehead atoms. The lowest BCUT2D eigenvalue weighted by Crippen LogP contribution is -2.07. The Morgan fingerprint density at radius 1 is 1.17 bits per heavy atom. The van der Waals surface area contributed by atoms with Crippen LogP contribution in [0.4, 0.5) is 5.13 Å². The van der Waals surface area contributed by atoms with Crippen molar-refractivity contribution in [1.29, 1.82) is 0 Å². The van der Waals surface area contributed by atoms with Gasteiger partial charge < -0.3 is 0 Å². The molecule has 0 aliphatic carbocycles. The number of hydrogen-bond acceptors (Lipinski definition) is 5. The van der Waals surface area contributed by atoms with Crippen LogP contribution in [-0.2, 0) is 11.2 Å². The van der Waals surface area contributed by atoms with Gasteiger partial charge in [-0.3, -0.25) is 10.1 Å². The van der Waals surface area contributed by atoms with Crippen LogP contribution < -0.4 is 5.32 Å². The number of aryl methyl sites for hydroxylation is 2. The van der Waals surface area contributed by atoms with E-state index >= 15 is 0 Å². The largest absolute Gasteiger partial charge is 0.298 e. The zero-order chi connectivity index (χ0) is 16.9. The maximum Gasteiger partial charge on any atom is 0.250 e. The first kappa shape index (κ1) is 16.5. The lowest BCUT2D eigenvalue weighted by Gasteiger charge is -1.99. The van der Waals surface area contributed by atoms with Crippen molar-refractivity contribution >= 4 is 39.8 Å². The zero-order valence-electron chi connectivity index (χ0n) is 13.4. The molecule has 2 aromatic heterocycles. The van der Waals surface area contributed by atoms with Crippen LogP contribution in [0.1, 0.15) is 23.2 Å². The molecule has 0 saturated heterocycles. The number of carbonyl (C=O) groups is 1. The third kappa shape index (κ3) is 4.15. The average molecular weight is 355 g/mol. The van der Waals surface area contributed by atoms with Crippen LogP contribution in [0.3, 0.4) is 0 Å². The Bertz CT molecular complexity index is 863. The summed E-state index contributed by atoms with van der Waals surface area (Å²) < 4.78 is 0. The number of nitrogens with zero attached hydrogens (tertiary/aromatic N) is 2. The molecule has 0 spiro atoms. The summed E-state index contributed by atoms with van der Waals surface area (Å²) in [5.41, 5.74) is 4.02. The first-order valence-corrected chi connectivity index (χ1v) is 9.36. The van der Waals surface area contributed by atoms with Crippen LogP contribution in [0.25, 0.3) is 17.3 Å². The highest BCUT2D eigenvalue weighted by atomic mass is 32.1. The molecule has 0 atom stereocenters. The van der Waals surface area contributed by atoms with Gasteiger partial charge in [-0.25, -0.2) is 9.97 Å². The average Bonchev–Trinajstić information content (AvgIpc) is 3.22. The lowest BCUT2D eigenvalue weighted by molar-refractivity contribution is -0.111. The molecule has 0 radical (unpaired) electrons. The molecule has 3 rings (SSSR count). The summed E-state index contributed by atoms with van der Waals surface area (Å²) in [6.07, 6.45) is 4.20. The number of nitrogens with one attached hydrogen (secondary N) is 1. The van der Waals surface area contributed by atoms with Crippen LogP contribution in [0.5, 0.6) is 0 Å². The van der Waals surface area contributed by atoms with Crippen LogP contribution in [0, 0.1) is 6.92 Å². The van der Waals surface area contributed by atoms with E-state index in [-0.39, 0.29) is 5.91 Å². The van der Waals surface area contributed by atoms with Gasteiger partial charge in [-0.15, -0.1) is 22.7 Å². The van der Waals surface area contributed by atoms with Gasteiger partial charge in [0.1, 0.15) is 0 Å². The Kier molecular flexibility index (Phi) is 5.17. The van der Waals surface area contributed by atoms with Crippen molar-refractivity contribution < 1.29 is 4.79 Å². The van der Waals surface area contributed by atoms with Crippen LogP contribution in [0.2, 0.25) is 0 Å². The number of rotatable bonds is 5. The SMILES string of the molecule is CCc1ccc(-c2csc(NC(=O)/C=C/c3csc(C)n3)n2)cc1. The van der Waals surface area contributed by atoms with E-state index in [4.69, 9.17) is 0 Å². The molecule has 6 heteroatoms. The highest BCUT2D eigenvalue weighted by Crippen LogP contribution is 2.25. The topological polar surface area (TPSA) is 54.9 Å². The van der Waals surface area contributed by atoms with E-state index < -0.39 is 0 Å². The summed E-state index contributed by atoms with van der Waals surface area (Å²) in [4.78, 5) is 20.7. The predicted molar refractivity (Wildman–Crippen MR) is 101 cm³/mol. The highest BCUT2D eigenvalue weighted by molar-refractivity contribution is 7.14. The molecule has 24 heavy (non-hydrogen) atoms. The van der Waals surface area contributed by atoms with Crippen molar-refractivity contribution in [3.05, 3.63) is 57.4 Å². The normalized spacial score (nSPS) is 11.1. The summed E-state index contributed by atoms with van der Waals surface area (Å²) in [7, 11) is 0. The first-order chi connectivity index (χ1) is 11.6. The molecule has 1 aromatic carbocycles. The molecule has 4 nitrogen and oxygen atoms in total. The molecule has 2 heterocycles. The Hall–Kier alpha value is -2.31. The standard InChI is InChI=1S/C18H17N3OS2/c1-3-13-4-6-14(7-5-13)16-11-24-18(20-16)21-17(22)9-8-15-10-23-12(2)19-15/h4-11H,3H2,1-2H3,(H,20,21,22)/b9-8+. The number of hydrogen-bond donors (Lipinski definition) is 1. The molecule has 0 saturated carbocycles. The van der Waals surface area contributed by atoms with Gasteiger partial charge in [0.05, 0.1) is 16.4 Å². The van der Waals surface area contributed by atoms with E-state index in [1.165, 1.54) is 23.0 Å². The fourth-order valence-corrected chi connectivity index (χ4v) is 3.44. The van der Waals surface area contributed by atoms with Crippen molar-refractivity contribution in [2.75, 3.05) is 5.32 Å². The second-order valence-corrected chi connectivity index (χ2v) is 7.12. The molecule has 0 aliphatic heterocycles. The third-order valence-corrected chi connectivity index (χ3v) is 4.98. The number of amides is 1. The minimum atomic E-state index is -0.206. The fourth-order valence-electron chi connectivity index (χ4n) is 2.14. The predicted octanol–water partition coefficient (Wildman–Crippen LogP) is 4.79. The van der Waals surface area contributed by atoms with Crippen LogP contribution in [0.15, 0.2) is 41.1 Å². The van der Waals surface area contributed by atoms with Crippen molar-refractivity contribution in [1.82, 2.24) is 9.97 Å². The molecule has 3 aromatic rings. The molecule has 0 unspecified atom stereocenters. The van der Waals surface area contributed by atoms with Gasteiger partial charge in [0.15, 0.2) is 5.13 Å². The molecule has 1 amide bonds. The van der Waals surface area contributed by atoms with Crippen LogP contribution in [-0.4, -0.2) is 15.9 Å². The van der Waals surface area contributed by atoms with E-state index in [1.54, 1.807) is 17.4 Å². The van der Waals surface area contributed by atoms with E-state index in [2.05, 4.69) is 46.5 Å². The number of anilines is 1. The summed E-state index contributed by atoms with van der Waals surface area (Å²) in [6, 6.07) is 8.32. The van der Waals surface area contributed by atoms with E-state index in [9.17, 15) is 4.79 Å². The third-order valence-electron chi connectivity index (χ3n) is 3.43. The molecular formula is C18H17N3OS2. The van der Waals surface area contributed by atoms with Crippen molar-refractivity contribution in [3.63, 3.8) is 0 Å². The molecule has 0 aliphatic rings. The van der Waals surface area contributed by atoms with Gasteiger partial charge in [-0.05, 0) is 25.0 Å². The fraction of sp³-hybridized carbons (Fsp3) is 0.167. The van der Waals surface area contributed by atoms with E-state index in [1.807, 2.05) is 17.7 Å². The Balaban J connectivity index is 1.64. The highest BCUT2D eigenvalue weighted by Gasteiger charge is 2.06. The second kappa shape index (κ2) is 7.51. The summed E-state index contributed by atoms with van der Waals surface area (Å²) in [6.45, 7) is 4.07. The second-order valence-electron chi connectivity index (χ2n) is 5.20. The van der Waals surface area contributed by atoms with Crippen molar-refractivity contribution in [3.8, 4) is 11.3 Å². The monoisotopic (exact) mass is 355 g/mol. The number of benzene rings is 1. The number of thiazole rings is 2. The summed E-state index contributed by atoms with van der Waals surface area (Å²) in [5, 5.41) is 8.23. The summed E-state index contributed by atoms with van der Waals surface area (Å²) in [5.74, 6) is -0.206. The molecule has 0 fully saturated rings. The lowest BCUT2D eigenvalue weighted by atomic mass is 10.1. The van der Waals surface area contributed by atoms with Gasteiger partial charge in [0, 0.05) is 22.4 Å². The minimum absolute atomic E-state index is 0.206. The Morgan fingerprint density at radius 2 is 1.96 bits per heavy atom.